The highest BCUT2D eigenvalue weighted by Crippen LogP contribution is 2.16. The molecule has 0 aliphatic rings. The van der Waals surface area contributed by atoms with Crippen LogP contribution in [0.1, 0.15) is 136 Å². The van der Waals surface area contributed by atoms with Crippen LogP contribution in [0.5, 0.6) is 0 Å². The first-order valence-electron chi connectivity index (χ1n) is 12.0. The molecule has 2 unspecified atom stereocenters. The van der Waals surface area contributed by atoms with Crippen molar-refractivity contribution in [2.45, 2.75) is 147 Å². The molecule has 0 aliphatic heterocycles. The summed E-state index contributed by atoms with van der Waals surface area (Å²) in [6.07, 6.45) is 22.1. The van der Waals surface area contributed by atoms with E-state index >= 15 is 0 Å². The Hall–Kier alpha value is -0.130. The molecule has 28 heavy (non-hydrogen) atoms. The molecule has 0 heterocycles. The lowest BCUT2D eigenvalue weighted by Crippen LogP contribution is -2.16. The monoisotopic (exact) mass is 420 g/mol. The van der Waals surface area contributed by atoms with Gasteiger partial charge in [0.2, 0.25) is 0 Å². The van der Waals surface area contributed by atoms with Gasteiger partial charge in [-0.25, -0.2) is 0 Å². The number of aliphatic hydroxyl groups is 1. The van der Waals surface area contributed by atoms with Crippen molar-refractivity contribution in [3.8, 4) is 0 Å². The summed E-state index contributed by atoms with van der Waals surface area (Å²) in [5.74, 6) is 0. The average Bonchev–Trinajstić information content (AvgIpc) is 2.64. The third-order valence-electron chi connectivity index (χ3n) is 5.80. The van der Waals surface area contributed by atoms with Gasteiger partial charge in [-0.2, -0.15) is 8.42 Å². The van der Waals surface area contributed by atoms with Crippen LogP contribution in [0.25, 0.3) is 0 Å². The van der Waals surface area contributed by atoms with Crippen molar-refractivity contribution in [3.63, 3.8) is 0 Å². The number of aliphatic hydroxyl groups excluding tert-OH is 1. The lowest BCUT2D eigenvalue weighted by atomic mass is 10.0. The smallest absolute Gasteiger partial charge is 0.267 e. The van der Waals surface area contributed by atoms with Crippen LogP contribution in [0.2, 0.25) is 0 Å². The minimum Gasteiger partial charge on any atom is -0.393 e. The van der Waals surface area contributed by atoms with Crippen molar-refractivity contribution in [1.82, 2.24) is 0 Å². The molecule has 2 N–H and O–H groups in total. The number of unbranched alkanes of at least 4 members (excludes halogenated alkanes) is 14. The van der Waals surface area contributed by atoms with E-state index in [-0.39, 0.29) is 6.10 Å². The maximum Gasteiger partial charge on any atom is 0.267 e. The molecule has 0 aromatic carbocycles. The Kier molecular flexibility index (Phi) is 18.8. The number of hydrogen-bond acceptors (Lipinski definition) is 3. The molecule has 4 nitrogen and oxygen atoms in total. The molecule has 0 rings (SSSR count). The molecule has 5 heteroatoms. The fourth-order valence-corrected chi connectivity index (χ4v) is 4.14. The van der Waals surface area contributed by atoms with E-state index in [2.05, 4.69) is 6.92 Å². The van der Waals surface area contributed by atoms with E-state index in [1.54, 1.807) is 0 Å². The zero-order valence-corrected chi connectivity index (χ0v) is 19.5. The van der Waals surface area contributed by atoms with Crippen LogP contribution in [0, 0.1) is 0 Å². The first-order chi connectivity index (χ1) is 13.4. The maximum absolute atomic E-state index is 10.9. The van der Waals surface area contributed by atoms with Crippen molar-refractivity contribution < 1.29 is 18.1 Å². The molecule has 0 bridgehead atoms. The van der Waals surface area contributed by atoms with Gasteiger partial charge in [-0.3, -0.25) is 4.55 Å². The summed E-state index contributed by atoms with van der Waals surface area (Å²) in [6.45, 7) is 3.79. The molecule has 0 aromatic heterocycles. The van der Waals surface area contributed by atoms with Crippen molar-refractivity contribution >= 4 is 10.1 Å². The Bertz CT molecular complexity index is 422. The van der Waals surface area contributed by atoms with E-state index < -0.39 is 15.4 Å². The fraction of sp³-hybridized carbons (Fsp3) is 1.00. The minimum atomic E-state index is -3.90. The Morgan fingerprint density at radius 1 is 0.607 bits per heavy atom. The van der Waals surface area contributed by atoms with Gasteiger partial charge in [-0.05, 0) is 26.2 Å². The Labute approximate surface area is 175 Å². The van der Waals surface area contributed by atoms with Crippen LogP contribution < -0.4 is 0 Å². The number of rotatable bonds is 21. The van der Waals surface area contributed by atoms with Crippen LogP contribution in [-0.2, 0) is 10.1 Å². The third kappa shape index (κ3) is 19.2. The van der Waals surface area contributed by atoms with Gasteiger partial charge in [0.1, 0.15) is 0 Å². The maximum atomic E-state index is 10.9. The molecule has 0 spiro atoms. The van der Waals surface area contributed by atoms with Gasteiger partial charge in [-0.15, -0.1) is 0 Å². The molecule has 0 aromatic rings. The van der Waals surface area contributed by atoms with Gasteiger partial charge in [-0.1, -0.05) is 110 Å². The first kappa shape index (κ1) is 27.9. The predicted octanol–water partition coefficient (Wildman–Crippen LogP) is 7.06. The quantitative estimate of drug-likeness (QED) is 0.154. The summed E-state index contributed by atoms with van der Waals surface area (Å²) in [5.41, 5.74) is 0. The number of hydrogen-bond donors (Lipinski definition) is 2. The fourth-order valence-electron chi connectivity index (χ4n) is 3.68. The van der Waals surface area contributed by atoms with Gasteiger partial charge < -0.3 is 5.11 Å². The van der Waals surface area contributed by atoms with Crippen LogP contribution in [0.3, 0.4) is 0 Å². The summed E-state index contributed by atoms with van der Waals surface area (Å²) in [6, 6.07) is 0. The molecule has 0 fully saturated rings. The standard InChI is InChI=1S/C23H48O4S/c1-3-4-5-6-7-8-9-10-11-12-13-14-15-16-20-23(24)21-18-17-19-22(2)28(25,26)27/h22-24H,3-21H2,1-2H3,(H,25,26,27). The second-order valence-corrected chi connectivity index (χ2v) is 10.5. The van der Waals surface area contributed by atoms with E-state index in [1.807, 2.05) is 0 Å². The van der Waals surface area contributed by atoms with Gasteiger partial charge in [0, 0.05) is 0 Å². The molecule has 2 atom stereocenters. The Morgan fingerprint density at radius 2 is 0.929 bits per heavy atom. The predicted molar refractivity (Wildman–Crippen MR) is 120 cm³/mol. The van der Waals surface area contributed by atoms with Crippen LogP contribution in [0.15, 0.2) is 0 Å². The Balaban J connectivity index is 3.27. The highest BCUT2D eigenvalue weighted by Gasteiger charge is 2.16. The first-order valence-corrected chi connectivity index (χ1v) is 13.5. The summed E-state index contributed by atoms with van der Waals surface area (Å²) in [5, 5.41) is 9.30. The molecule has 0 saturated heterocycles. The molecule has 0 radical (unpaired) electrons. The molecular formula is C23H48O4S. The van der Waals surface area contributed by atoms with Crippen molar-refractivity contribution in [3.05, 3.63) is 0 Å². The van der Waals surface area contributed by atoms with Crippen molar-refractivity contribution in [2.75, 3.05) is 0 Å². The van der Waals surface area contributed by atoms with E-state index in [4.69, 9.17) is 4.55 Å². The molecule has 170 valence electrons. The summed E-state index contributed by atoms with van der Waals surface area (Å²) < 4.78 is 30.8. The van der Waals surface area contributed by atoms with Crippen LogP contribution in [0.4, 0.5) is 0 Å². The zero-order valence-electron chi connectivity index (χ0n) is 18.7. The highest BCUT2D eigenvalue weighted by molar-refractivity contribution is 7.86. The van der Waals surface area contributed by atoms with Gasteiger partial charge in [0.05, 0.1) is 11.4 Å². The SMILES string of the molecule is CCCCCCCCCCCCCCCCC(O)CCCCC(C)S(=O)(=O)O. The van der Waals surface area contributed by atoms with E-state index in [9.17, 15) is 13.5 Å². The van der Waals surface area contributed by atoms with Gasteiger partial charge in [0.15, 0.2) is 0 Å². The average molecular weight is 421 g/mol. The summed E-state index contributed by atoms with van der Waals surface area (Å²) in [4.78, 5) is 0. The second kappa shape index (κ2) is 18.9. The second-order valence-electron chi connectivity index (χ2n) is 8.65. The minimum absolute atomic E-state index is 0.265. The van der Waals surface area contributed by atoms with E-state index in [0.717, 1.165) is 32.1 Å². The van der Waals surface area contributed by atoms with Gasteiger partial charge >= 0.3 is 0 Å². The highest BCUT2D eigenvalue weighted by atomic mass is 32.2. The molecular weight excluding hydrogens is 372 g/mol. The van der Waals surface area contributed by atoms with Crippen molar-refractivity contribution in [1.29, 1.82) is 0 Å². The lowest BCUT2D eigenvalue weighted by molar-refractivity contribution is 0.147. The lowest BCUT2D eigenvalue weighted by Gasteiger charge is -2.11. The summed E-state index contributed by atoms with van der Waals surface area (Å²) in [7, 11) is -3.90. The Morgan fingerprint density at radius 3 is 1.32 bits per heavy atom. The van der Waals surface area contributed by atoms with Crippen molar-refractivity contribution in [2.24, 2.45) is 0 Å². The molecule has 0 saturated carbocycles. The van der Waals surface area contributed by atoms with E-state index in [1.165, 1.54) is 90.4 Å². The van der Waals surface area contributed by atoms with Crippen LogP contribution >= 0.6 is 0 Å². The zero-order chi connectivity index (χ0) is 21.1. The van der Waals surface area contributed by atoms with Gasteiger partial charge in [0.25, 0.3) is 10.1 Å². The third-order valence-corrected chi connectivity index (χ3v) is 7.05. The topological polar surface area (TPSA) is 74.6 Å². The van der Waals surface area contributed by atoms with E-state index in [0.29, 0.717) is 6.42 Å². The molecule has 0 aliphatic carbocycles. The summed E-state index contributed by atoms with van der Waals surface area (Å²) >= 11 is 0. The largest absolute Gasteiger partial charge is 0.393 e. The normalized spacial score (nSPS) is 14.3. The van der Waals surface area contributed by atoms with Crippen LogP contribution in [-0.4, -0.2) is 29.4 Å². The molecule has 0 amide bonds.